The Hall–Kier alpha value is -1.10. The lowest BCUT2D eigenvalue weighted by molar-refractivity contribution is 0.231. The number of primary amides is 1. The van der Waals surface area contributed by atoms with E-state index in [1.807, 2.05) is 25.1 Å². The van der Waals surface area contributed by atoms with Crippen LogP contribution in [0.15, 0.2) is 22.8 Å². The first-order valence-electron chi connectivity index (χ1n) is 6.68. The van der Waals surface area contributed by atoms with Crippen LogP contribution in [0.25, 0.3) is 0 Å². The second-order valence-corrected chi connectivity index (χ2v) is 5.79. The molecule has 1 heterocycles. The predicted octanol–water partition coefficient (Wildman–Crippen LogP) is 3.70. The Bertz CT molecular complexity index is 425. The first-order chi connectivity index (χ1) is 8.98. The first-order valence-corrected chi connectivity index (χ1v) is 7.48. The Labute approximate surface area is 123 Å². The molecular formula is C14H22BrN3O. The van der Waals surface area contributed by atoms with Crippen LogP contribution in [0.2, 0.25) is 0 Å². The molecule has 2 amide bonds. The number of nitrogens with zero attached hydrogens (tertiary/aromatic N) is 1. The number of urea groups is 1. The van der Waals surface area contributed by atoms with Gasteiger partial charge < -0.3 is 11.1 Å². The van der Waals surface area contributed by atoms with Gasteiger partial charge in [0.1, 0.15) is 4.60 Å². The van der Waals surface area contributed by atoms with E-state index in [0.717, 1.165) is 29.6 Å². The smallest absolute Gasteiger partial charge is 0.312 e. The maximum Gasteiger partial charge on any atom is 0.312 e. The first kappa shape index (κ1) is 16.0. The maximum atomic E-state index is 11.2. The van der Waals surface area contributed by atoms with Gasteiger partial charge in [0.15, 0.2) is 0 Å². The zero-order valence-electron chi connectivity index (χ0n) is 11.6. The van der Waals surface area contributed by atoms with Gasteiger partial charge in [-0.1, -0.05) is 38.7 Å². The molecular weight excluding hydrogens is 306 g/mol. The van der Waals surface area contributed by atoms with E-state index in [1.165, 1.54) is 12.8 Å². The van der Waals surface area contributed by atoms with Crippen molar-refractivity contribution in [3.63, 3.8) is 0 Å². The summed E-state index contributed by atoms with van der Waals surface area (Å²) in [7, 11) is 0. The van der Waals surface area contributed by atoms with E-state index in [2.05, 4.69) is 33.2 Å². The average Bonchev–Trinajstić information content (AvgIpc) is 2.34. The van der Waals surface area contributed by atoms with Crippen molar-refractivity contribution in [3.05, 3.63) is 28.5 Å². The summed E-state index contributed by atoms with van der Waals surface area (Å²) in [6, 6.07) is 5.19. The molecule has 5 heteroatoms. The summed E-state index contributed by atoms with van der Waals surface area (Å²) in [5.41, 5.74) is 5.61. The normalized spacial score (nSPS) is 13.8. The molecule has 1 aromatic rings. The largest absolute Gasteiger partial charge is 0.352 e. The molecule has 0 spiro atoms. The summed E-state index contributed by atoms with van der Waals surface area (Å²) >= 11 is 3.36. The molecule has 3 N–H and O–H groups in total. The lowest BCUT2D eigenvalue weighted by atomic mass is 9.90. The lowest BCUT2D eigenvalue weighted by Crippen LogP contribution is -2.46. The number of nitrogens with one attached hydrogen (secondary N) is 1. The monoisotopic (exact) mass is 327 g/mol. The molecule has 0 bridgehead atoms. The van der Waals surface area contributed by atoms with Gasteiger partial charge in [-0.25, -0.2) is 9.78 Å². The van der Waals surface area contributed by atoms with Gasteiger partial charge >= 0.3 is 6.03 Å². The Morgan fingerprint density at radius 3 is 2.74 bits per heavy atom. The number of amides is 2. The highest BCUT2D eigenvalue weighted by atomic mass is 79.9. The van der Waals surface area contributed by atoms with Crippen molar-refractivity contribution in [2.24, 2.45) is 5.73 Å². The van der Waals surface area contributed by atoms with E-state index in [9.17, 15) is 4.79 Å². The standard InChI is InChI=1S/C14H22BrN3O/c1-3-4-5-6-10-14(2,18-13(16)19)11-8-7-9-12(15)17-11/h7-9H,3-6,10H2,1-2H3,(H3,16,18,19). The van der Waals surface area contributed by atoms with E-state index in [1.54, 1.807) is 0 Å². The van der Waals surface area contributed by atoms with Gasteiger partial charge in [0.05, 0.1) is 11.2 Å². The number of unbranched alkanes of at least 4 members (excludes halogenated alkanes) is 3. The summed E-state index contributed by atoms with van der Waals surface area (Å²) < 4.78 is 0.760. The van der Waals surface area contributed by atoms with Crippen molar-refractivity contribution in [2.45, 2.75) is 51.5 Å². The molecule has 0 saturated carbocycles. The van der Waals surface area contributed by atoms with Crippen LogP contribution >= 0.6 is 15.9 Å². The van der Waals surface area contributed by atoms with Gasteiger partial charge in [0, 0.05) is 0 Å². The molecule has 1 aromatic heterocycles. The minimum Gasteiger partial charge on any atom is -0.352 e. The quantitative estimate of drug-likeness (QED) is 0.592. The van der Waals surface area contributed by atoms with E-state index >= 15 is 0 Å². The highest BCUT2D eigenvalue weighted by Gasteiger charge is 2.28. The van der Waals surface area contributed by atoms with Gasteiger partial charge in [-0.15, -0.1) is 0 Å². The van der Waals surface area contributed by atoms with Crippen LogP contribution in [0.3, 0.4) is 0 Å². The number of hydrogen-bond donors (Lipinski definition) is 2. The van der Waals surface area contributed by atoms with Crippen LogP contribution in [0, 0.1) is 0 Å². The third-order valence-electron chi connectivity index (χ3n) is 3.21. The molecule has 0 aliphatic heterocycles. The van der Waals surface area contributed by atoms with E-state index in [-0.39, 0.29) is 0 Å². The topological polar surface area (TPSA) is 68.0 Å². The van der Waals surface area contributed by atoms with Crippen LogP contribution in [0.5, 0.6) is 0 Å². The number of halogens is 1. The second-order valence-electron chi connectivity index (χ2n) is 4.98. The second kappa shape index (κ2) is 7.48. The van der Waals surface area contributed by atoms with Crippen LogP contribution in [-0.4, -0.2) is 11.0 Å². The molecule has 106 valence electrons. The summed E-state index contributed by atoms with van der Waals surface area (Å²) in [5.74, 6) is 0. The molecule has 0 saturated heterocycles. The van der Waals surface area contributed by atoms with Crippen molar-refractivity contribution in [2.75, 3.05) is 0 Å². The summed E-state index contributed by atoms with van der Waals surface area (Å²) in [5, 5.41) is 2.83. The van der Waals surface area contributed by atoms with Crippen LogP contribution < -0.4 is 11.1 Å². The number of aromatic nitrogens is 1. The number of nitrogens with two attached hydrogens (primary N) is 1. The SMILES string of the molecule is CCCCCCC(C)(NC(N)=O)c1cccc(Br)n1. The molecule has 0 aliphatic carbocycles. The summed E-state index contributed by atoms with van der Waals surface area (Å²) in [6.07, 6.45) is 5.42. The maximum absolute atomic E-state index is 11.2. The minimum absolute atomic E-state index is 0.511. The number of hydrogen-bond acceptors (Lipinski definition) is 2. The van der Waals surface area contributed by atoms with Gasteiger partial charge in [-0.05, 0) is 41.4 Å². The molecule has 0 aromatic carbocycles. The molecule has 0 aliphatic rings. The van der Waals surface area contributed by atoms with Crippen LogP contribution in [0.4, 0.5) is 4.79 Å². The molecule has 1 unspecified atom stereocenters. The molecule has 4 nitrogen and oxygen atoms in total. The zero-order chi connectivity index (χ0) is 14.3. The Balaban J connectivity index is 2.82. The Morgan fingerprint density at radius 2 is 2.16 bits per heavy atom. The predicted molar refractivity (Wildman–Crippen MR) is 80.8 cm³/mol. The lowest BCUT2D eigenvalue weighted by Gasteiger charge is -2.29. The van der Waals surface area contributed by atoms with Gasteiger partial charge in [0.25, 0.3) is 0 Å². The number of carbonyl (C=O) groups is 1. The number of carbonyl (C=O) groups excluding carboxylic acids is 1. The zero-order valence-corrected chi connectivity index (χ0v) is 13.2. The Morgan fingerprint density at radius 1 is 1.42 bits per heavy atom. The summed E-state index contributed by atoms with van der Waals surface area (Å²) in [6.45, 7) is 4.15. The number of pyridine rings is 1. The molecule has 0 radical (unpaired) electrons. The van der Waals surface area contributed by atoms with Crippen LogP contribution in [-0.2, 0) is 5.54 Å². The third kappa shape index (κ3) is 5.19. The van der Waals surface area contributed by atoms with E-state index in [0.29, 0.717) is 0 Å². The van der Waals surface area contributed by atoms with Crippen molar-refractivity contribution < 1.29 is 4.79 Å². The minimum atomic E-state index is -0.514. The average molecular weight is 328 g/mol. The highest BCUT2D eigenvalue weighted by Crippen LogP contribution is 2.26. The fraction of sp³-hybridized carbons (Fsp3) is 0.571. The van der Waals surface area contributed by atoms with E-state index < -0.39 is 11.6 Å². The van der Waals surface area contributed by atoms with E-state index in [4.69, 9.17) is 5.73 Å². The van der Waals surface area contributed by atoms with Crippen molar-refractivity contribution in [3.8, 4) is 0 Å². The molecule has 1 rings (SSSR count). The Kier molecular flexibility index (Phi) is 6.28. The summed E-state index contributed by atoms with van der Waals surface area (Å²) in [4.78, 5) is 15.7. The fourth-order valence-corrected chi connectivity index (χ4v) is 2.49. The van der Waals surface area contributed by atoms with Crippen molar-refractivity contribution in [1.29, 1.82) is 0 Å². The van der Waals surface area contributed by atoms with Crippen molar-refractivity contribution in [1.82, 2.24) is 10.3 Å². The molecule has 0 fully saturated rings. The highest BCUT2D eigenvalue weighted by molar-refractivity contribution is 9.10. The van der Waals surface area contributed by atoms with Gasteiger partial charge in [0.2, 0.25) is 0 Å². The van der Waals surface area contributed by atoms with Crippen LogP contribution in [0.1, 0.15) is 51.6 Å². The van der Waals surface area contributed by atoms with Gasteiger partial charge in [-0.2, -0.15) is 0 Å². The fourth-order valence-electron chi connectivity index (χ4n) is 2.15. The molecule has 19 heavy (non-hydrogen) atoms. The van der Waals surface area contributed by atoms with Gasteiger partial charge in [-0.3, -0.25) is 0 Å². The molecule has 1 atom stereocenters. The van der Waals surface area contributed by atoms with Crippen molar-refractivity contribution >= 4 is 22.0 Å². The third-order valence-corrected chi connectivity index (χ3v) is 3.65. The number of rotatable bonds is 7.